The highest BCUT2D eigenvalue weighted by atomic mass is 35.5. The number of carbonyl (C=O) groups excluding carboxylic acids is 1. The number of alkyl halides is 3. The fourth-order valence-corrected chi connectivity index (χ4v) is 1.59. The molecule has 0 heterocycles. The fourth-order valence-electron chi connectivity index (χ4n) is 1.46. The number of anilines is 1. The van der Waals surface area contributed by atoms with E-state index >= 15 is 0 Å². The number of carbonyl (C=O) groups is 2. The van der Waals surface area contributed by atoms with Crippen molar-refractivity contribution in [3.8, 4) is 0 Å². The second kappa shape index (κ2) is 6.60. The van der Waals surface area contributed by atoms with Crippen molar-refractivity contribution in [2.75, 3.05) is 11.4 Å². The summed E-state index contributed by atoms with van der Waals surface area (Å²) in [6, 6.07) is 5.58. The third-order valence-corrected chi connectivity index (χ3v) is 2.61. The van der Waals surface area contributed by atoms with E-state index < -0.39 is 37.4 Å². The predicted octanol–water partition coefficient (Wildman–Crippen LogP) is 3.10. The number of aliphatic carboxylic acids is 1. The topological polar surface area (TPSA) is 57.6 Å². The number of nitrogens with zero attached hydrogens (tertiary/aromatic N) is 1. The molecule has 0 aromatic heterocycles. The average molecular weight is 310 g/mol. The first kappa shape index (κ1) is 16.3. The third-order valence-electron chi connectivity index (χ3n) is 2.36. The van der Waals surface area contributed by atoms with Gasteiger partial charge in [-0.3, -0.25) is 9.59 Å². The molecule has 0 unspecified atom stereocenters. The van der Waals surface area contributed by atoms with Crippen LogP contribution in [-0.2, 0) is 9.59 Å². The van der Waals surface area contributed by atoms with Crippen molar-refractivity contribution in [3.05, 3.63) is 29.3 Å². The molecule has 0 aliphatic heterocycles. The summed E-state index contributed by atoms with van der Waals surface area (Å²) in [6.45, 7) is -0.710. The Hall–Kier alpha value is -1.76. The normalized spacial score (nSPS) is 11.2. The van der Waals surface area contributed by atoms with Crippen LogP contribution >= 0.6 is 11.6 Å². The second-order valence-electron chi connectivity index (χ2n) is 3.97. The molecule has 0 saturated heterocycles. The number of hydrogen-bond donors (Lipinski definition) is 1. The van der Waals surface area contributed by atoms with Gasteiger partial charge in [0, 0.05) is 17.1 Å². The molecule has 110 valence electrons. The van der Waals surface area contributed by atoms with Crippen LogP contribution in [0.2, 0.25) is 5.02 Å². The lowest BCUT2D eigenvalue weighted by atomic mass is 10.2. The van der Waals surface area contributed by atoms with E-state index in [2.05, 4.69) is 0 Å². The molecule has 1 aromatic rings. The number of benzene rings is 1. The predicted molar refractivity (Wildman–Crippen MR) is 66.7 cm³/mol. The zero-order valence-corrected chi connectivity index (χ0v) is 10.9. The Balaban J connectivity index is 2.86. The van der Waals surface area contributed by atoms with E-state index in [1.54, 1.807) is 0 Å². The summed E-state index contributed by atoms with van der Waals surface area (Å²) in [5.41, 5.74) is 0.184. The molecule has 1 amide bonds. The molecule has 0 aliphatic carbocycles. The lowest BCUT2D eigenvalue weighted by Crippen LogP contribution is -2.36. The molecule has 0 saturated carbocycles. The van der Waals surface area contributed by atoms with E-state index in [1.807, 2.05) is 0 Å². The monoisotopic (exact) mass is 309 g/mol. The van der Waals surface area contributed by atoms with E-state index in [0.29, 0.717) is 5.02 Å². The van der Waals surface area contributed by atoms with E-state index in [-0.39, 0.29) is 5.69 Å². The molecule has 0 bridgehead atoms. The molecule has 0 fully saturated rings. The van der Waals surface area contributed by atoms with E-state index in [4.69, 9.17) is 16.7 Å². The smallest absolute Gasteiger partial charge is 0.389 e. The van der Waals surface area contributed by atoms with Gasteiger partial charge in [0.25, 0.3) is 0 Å². The van der Waals surface area contributed by atoms with Gasteiger partial charge < -0.3 is 10.0 Å². The van der Waals surface area contributed by atoms with Crippen molar-refractivity contribution >= 4 is 29.2 Å². The number of halogens is 4. The summed E-state index contributed by atoms with van der Waals surface area (Å²) < 4.78 is 36.3. The molecule has 0 spiro atoms. The summed E-state index contributed by atoms with van der Waals surface area (Å²) in [5.74, 6) is -2.23. The third kappa shape index (κ3) is 5.48. The van der Waals surface area contributed by atoms with Gasteiger partial charge >= 0.3 is 12.1 Å². The first-order valence-corrected chi connectivity index (χ1v) is 5.91. The van der Waals surface area contributed by atoms with Crippen molar-refractivity contribution in [2.45, 2.75) is 19.0 Å². The minimum Gasteiger partial charge on any atom is -0.480 e. The molecular weight excluding hydrogens is 299 g/mol. The van der Waals surface area contributed by atoms with Crippen LogP contribution in [0.1, 0.15) is 12.8 Å². The first-order chi connectivity index (χ1) is 9.19. The Kier molecular flexibility index (Phi) is 5.38. The molecule has 0 atom stereocenters. The van der Waals surface area contributed by atoms with Crippen molar-refractivity contribution in [3.63, 3.8) is 0 Å². The minimum atomic E-state index is -4.47. The minimum absolute atomic E-state index is 0.184. The van der Waals surface area contributed by atoms with Crippen LogP contribution in [0.5, 0.6) is 0 Å². The summed E-state index contributed by atoms with van der Waals surface area (Å²) in [6.07, 6.45) is -6.57. The molecule has 8 heteroatoms. The zero-order valence-electron chi connectivity index (χ0n) is 10.2. The number of amides is 1. The van der Waals surface area contributed by atoms with Gasteiger partial charge in [0.1, 0.15) is 6.54 Å². The van der Waals surface area contributed by atoms with Gasteiger partial charge in [-0.05, 0) is 24.3 Å². The maximum Gasteiger partial charge on any atom is 0.389 e. The molecule has 20 heavy (non-hydrogen) atoms. The van der Waals surface area contributed by atoms with Gasteiger partial charge in [-0.25, -0.2) is 0 Å². The van der Waals surface area contributed by atoms with Crippen molar-refractivity contribution < 1.29 is 27.9 Å². The Labute approximate surface area is 117 Å². The molecular formula is C12H11ClF3NO3. The second-order valence-corrected chi connectivity index (χ2v) is 4.40. The Morgan fingerprint density at radius 1 is 1.20 bits per heavy atom. The standard InChI is InChI=1S/C12H11ClF3NO3/c13-8-1-3-9(4-2-8)17(7-11(19)20)10(18)5-6-12(14,15)16/h1-4H,5-7H2,(H,19,20). The number of carboxylic acids is 1. The maximum atomic E-state index is 12.1. The average Bonchev–Trinajstić information content (AvgIpc) is 2.33. The highest BCUT2D eigenvalue weighted by molar-refractivity contribution is 6.30. The number of hydrogen-bond acceptors (Lipinski definition) is 2. The van der Waals surface area contributed by atoms with Crippen LogP contribution in [0.15, 0.2) is 24.3 Å². The summed E-state index contributed by atoms with van der Waals surface area (Å²) >= 11 is 5.65. The molecule has 0 aliphatic rings. The Bertz CT molecular complexity index is 488. The van der Waals surface area contributed by atoms with Crippen LogP contribution in [0.3, 0.4) is 0 Å². The van der Waals surface area contributed by atoms with E-state index in [0.717, 1.165) is 4.90 Å². The van der Waals surface area contributed by atoms with E-state index in [1.165, 1.54) is 24.3 Å². The first-order valence-electron chi connectivity index (χ1n) is 5.53. The van der Waals surface area contributed by atoms with Gasteiger partial charge in [-0.1, -0.05) is 11.6 Å². The largest absolute Gasteiger partial charge is 0.480 e. The van der Waals surface area contributed by atoms with Crippen molar-refractivity contribution in [1.82, 2.24) is 0 Å². The highest BCUT2D eigenvalue weighted by Gasteiger charge is 2.30. The molecule has 1 aromatic carbocycles. The molecule has 4 nitrogen and oxygen atoms in total. The van der Waals surface area contributed by atoms with Crippen LogP contribution in [0, 0.1) is 0 Å². The lowest BCUT2D eigenvalue weighted by Gasteiger charge is -2.21. The van der Waals surface area contributed by atoms with Crippen LogP contribution < -0.4 is 4.90 Å². The summed E-state index contributed by atoms with van der Waals surface area (Å²) in [5, 5.41) is 9.10. The number of carboxylic acid groups (broad SMARTS) is 1. The van der Waals surface area contributed by atoms with Gasteiger partial charge in [-0.15, -0.1) is 0 Å². The Morgan fingerprint density at radius 3 is 2.20 bits per heavy atom. The summed E-state index contributed by atoms with van der Waals surface area (Å²) in [4.78, 5) is 23.2. The van der Waals surface area contributed by atoms with Crippen LogP contribution in [0.4, 0.5) is 18.9 Å². The molecule has 1 N–H and O–H groups in total. The van der Waals surface area contributed by atoms with E-state index in [9.17, 15) is 22.8 Å². The van der Waals surface area contributed by atoms with Crippen LogP contribution in [0.25, 0.3) is 0 Å². The number of rotatable bonds is 5. The zero-order chi connectivity index (χ0) is 15.3. The Morgan fingerprint density at radius 2 is 1.75 bits per heavy atom. The lowest BCUT2D eigenvalue weighted by molar-refractivity contribution is -0.143. The van der Waals surface area contributed by atoms with Gasteiger partial charge in [-0.2, -0.15) is 13.2 Å². The summed E-state index contributed by atoms with van der Waals surface area (Å²) in [7, 11) is 0. The quantitative estimate of drug-likeness (QED) is 0.909. The van der Waals surface area contributed by atoms with Gasteiger partial charge in [0.05, 0.1) is 6.42 Å². The molecule has 1 rings (SSSR count). The maximum absolute atomic E-state index is 12.1. The van der Waals surface area contributed by atoms with Crippen LogP contribution in [-0.4, -0.2) is 29.7 Å². The SMILES string of the molecule is O=C(O)CN(C(=O)CCC(F)(F)F)c1ccc(Cl)cc1. The molecule has 0 radical (unpaired) electrons. The van der Waals surface area contributed by atoms with Gasteiger partial charge in [0.2, 0.25) is 5.91 Å². The van der Waals surface area contributed by atoms with Gasteiger partial charge in [0.15, 0.2) is 0 Å². The van der Waals surface area contributed by atoms with Crippen molar-refractivity contribution in [2.24, 2.45) is 0 Å². The highest BCUT2D eigenvalue weighted by Crippen LogP contribution is 2.24. The van der Waals surface area contributed by atoms with Crippen molar-refractivity contribution in [1.29, 1.82) is 0 Å². The fraction of sp³-hybridized carbons (Fsp3) is 0.333.